The van der Waals surface area contributed by atoms with Crippen molar-refractivity contribution in [1.82, 2.24) is 9.97 Å². The van der Waals surface area contributed by atoms with Crippen LogP contribution in [-0.2, 0) is 31.9 Å². The molecule has 0 atom stereocenters. The third-order valence-corrected chi connectivity index (χ3v) is 9.03. The molecule has 7 rings (SSSR count). The number of phenols is 1. The maximum absolute atomic E-state index is 11.0. The zero-order valence-corrected chi connectivity index (χ0v) is 30.0. The van der Waals surface area contributed by atoms with Gasteiger partial charge in [-0.05, 0) is 51.9 Å². The smallest absolute Gasteiger partial charge is 0.230 e. The average Bonchev–Trinajstić information content (AvgIpc) is 3.53. The number of para-hydroxylation sites is 1. The van der Waals surface area contributed by atoms with Crippen LogP contribution < -0.4 is 0 Å². The first-order valence-corrected chi connectivity index (χ1v) is 16.0. The van der Waals surface area contributed by atoms with Crippen molar-refractivity contribution in [2.24, 2.45) is 0 Å². The monoisotopic (exact) mass is 808 g/mol. The Bertz CT molecular complexity index is 2210. The number of pyridine rings is 1. The number of hydrogen-bond donors (Lipinski definition) is 1. The molecule has 0 unspecified atom stereocenters. The molecule has 0 bridgehead atoms. The third kappa shape index (κ3) is 6.38. The molecule has 5 heteroatoms. The molecule has 0 fully saturated rings. The Hall–Kier alpha value is -4.79. The van der Waals surface area contributed by atoms with Crippen LogP contribution in [0.5, 0.6) is 5.75 Å². The summed E-state index contributed by atoms with van der Waals surface area (Å²) in [5.41, 5.74) is 10.8. The van der Waals surface area contributed by atoms with Crippen LogP contribution >= 0.6 is 0 Å². The van der Waals surface area contributed by atoms with Crippen molar-refractivity contribution in [1.29, 1.82) is 0 Å². The van der Waals surface area contributed by atoms with Crippen molar-refractivity contribution in [2.45, 2.75) is 45.4 Å². The summed E-state index contributed by atoms with van der Waals surface area (Å²) < 4.78 is 6.35. The number of aromatic hydroxyl groups is 1. The van der Waals surface area contributed by atoms with E-state index in [0.717, 1.165) is 39.1 Å². The summed E-state index contributed by atoms with van der Waals surface area (Å²) in [4.78, 5) is 9.77. The van der Waals surface area contributed by atoms with Crippen molar-refractivity contribution in [3.8, 4) is 50.7 Å². The van der Waals surface area contributed by atoms with Crippen molar-refractivity contribution in [3.63, 3.8) is 0 Å². The Kier molecular flexibility index (Phi) is 8.98. The van der Waals surface area contributed by atoms with Gasteiger partial charge in [-0.25, -0.2) is 4.98 Å². The molecule has 0 spiro atoms. The van der Waals surface area contributed by atoms with E-state index in [1.807, 2.05) is 72.9 Å². The summed E-state index contributed by atoms with van der Waals surface area (Å²) in [6.07, 6.45) is 1.86. The molecule has 242 valence electrons. The van der Waals surface area contributed by atoms with Gasteiger partial charge in [-0.15, -0.1) is 29.3 Å². The molecule has 48 heavy (non-hydrogen) atoms. The largest absolute Gasteiger partial charge is 0.507 e. The molecular formula is C43H37N2O2Pt-. The minimum atomic E-state index is -0.286. The Morgan fingerprint density at radius 2 is 1.33 bits per heavy atom. The van der Waals surface area contributed by atoms with Crippen molar-refractivity contribution in [3.05, 3.63) is 150 Å². The molecule has 5 aromatic carbocycles. The van der Waals surface area contributed by atoms with E-state index in [2.05, 4.69) is 89.2 Å². The first-order valence-electron chi connectivity index (χ1n) is 16.0. The van der Waals surface area contributed by atoms with Crippen LogP contribution in [0.2, 0.25) is 0 Å². The Morgan fingerprint density at radius 3 is 2.06 bits per heavy atom. The number of oxazole rings is 1. The first-order chi connectivity index (χ1) is 22.6. The number of hydrogen-bond acceptors (Lipinski definition) is 4. The van der Waals surface area contributed by atoms with Gasteiger partial charge in [-0.2, -0.15) is 0 Å². The van der Waals surface area contributed by atoms with Gasteiger partial charge in [0.15, 0.2) is 0 Å². The molecule has 0 saturated carbocycles. The van der Waals surface area contributed by atoms with Crippen molar-refractivity contribution >= 4 is 11.1 Å². The molecule has 4 nitrogen and oxygen atoms in total. The van der Waals surface area contributed by atoms with Gasteiger partial charge in [-0.1, -0.05) is 131 Å². The van der Waals surface area contributed by atoms with Gasteiger partial charge in [0.2, 0.25) is 5.89 Å². The fraction of sp³-hybridized carbons (Fsp3) is 0.163. The molecule has 0 amide bonds. The van der Waals surface area contributed by atoms with Crippen LogP contribution in [0.4, 0.5) is 0 Å². The average molecular weight is 809 g/mol. The predicted octanol–water partition coefficient (Wildman–Crippen LogP) is 11.0. The minimum absolute atomic E-state index is 0. The summed E-state index contributed by atoms with van der Waals surface area (Å²) in [6, 6.07) is 44.6. The second-order valence-electron chi connectivity index (χ2n) is 13.6. The summed E-state index contributed by atoms with van der Waals surface area (Å²) in [5, 5.41) is 11.0. The molecule has 0 aliphatic carbocycles. The van der Waals surface area contributed by atoms with Crippen LogP contribution in [0.25, 0.3) is 56.1 Å². The van der Waals surface area contributed by atoms with E-state index in [9.17, 15) is 5.11 Å². The molecule has 0 radical (unpaired) electrons. The van der Waals surface area contributed by atoms with Gasteiger partial charge in [0.05, 0.1) is 11.1 Å². The van der Waals surface area contributed by atoms with E-state index in [-0.39, 0.29) is 37.6 Å². The predicted molar refractivity (Wildman–Crippen MR) is 191 cm³/mol. The second kappa shape index (κ2) is 13.0. The van der Waals surface area contributed by atoms with E-state index in [1.165, 1.54) is 11.1 Å². The van der Waals surface area contributed by atoms with Crippen molar-refractivity contribution < 1.29 is 30.6 Å². The molecule has 2 aromatic heterocycles. The third-order valence-electron chi connectivity index (χ3n) is 9.03. The zero-order valence-electron chi connectivity index (χ0n) is 27.7. The fourth-order valence-corrected chi connectivity index (χ4v) is 6.07. The molecule has 0 aliphatic heterocycles. The Labute approximate surface area is 296 Å². The van der Waals surface area contributed by atoms with Crippen LogP contribution in [0, 0.1) is 6.07 Å². The Balaban J connectivity index is 0.00000401. The maximum atomic E-state index is 11.0. The molecule has 0 saturated heterocycles. The van der Waals surface area contributed by atoms with Gasteiger partial charge in [0, 0.05) is 38.4 Å². The summed E-state index contributed by atoms with van der Waals surface area (Å²) in [6.45, 7) is 11.0. The fourth-order valence-electron chi connectivity index (χ4n) is 6.07. The maximum Gasteiger partial charge on any atom is 0.230 e. The molecule has 1 N–H and O–H groups in total. The van der Waals surface area contributed by atoms with Crippen molar-refractivity contribution in [2.75, 3.05) is 0 Å². The molecular weight excluding hydrogens is 772 g/mol. The van der Waals surface area contributed by atoms with E-state index >= 15 is 0 Å². The number of nitrogens with zero attached hydrogens (tertiary/aromatic N) is 2. The standard InChI is InChI=1S/C43H37N2O2.Pt/c1-42(2,3)34-24-30(23-31(25-34)37-26-29(21-22-44-37)28-13-8-6-9-14-28)35-17-12-18-39-40(35)45-41(47-39)36-27-33(19-20-38(36)46)43(4,5)32-15-10-7-11-16-32;/h6-22,24-27,46H,1-5H3;/q-1;. The normalized spacial score (nSPS) is 11.8. The second-order valence-corrected chi connectivity index (χ2v) is 13.6. The minimum Gasteiger partial charge on any atom is -0.507 e. The number of phenolic OH excluding ortho intramolecular Hbond substituents is 1. The molecule has 0 aliphatic rings. The number of aromatic nitrogens is 2. The van der Waals surface area contributed by atoms with Crippen LogP contribution in [0.3, 0.4) is 0 Å². The topological polar surface area (TPSA) is 59.2 Å². The van der Waals surface area contributed by atoms with E-state index in [0.29, 0.717) is 22.6 Å². The van der Waals surface area contributed by atoms with Gasteiger partial charge in [-0.3, -0.25) is 4.98 Å². The van der Waals surface area contributed by atoms with Crippen LogP contribution in [0.15, 0.2) is 132 Å². The van der Waals surface area contributed by atoms with Crippen LogP contribution in [0.1, 0.15) is 51.3 Å². The molecule has 7 aromatic rings. The quantitative estimate of drug-likeness (QED) is 0.170. The van der Waals surface area contributed by atoms with Gasteiger partial charge < -0.3 is 9.52 Å². The van der Waals surface area contributed by atoms with Gasteiger partial charge >= 0.3 is 0 Å². The number of benzene rings is 5. The van der Waals surface area contributed by atoms with Crippen LogP contribution in [-0.4, -0.2) is 15.1 Å². The SMILES string of the molecule is CC(C)(C)c1cc(-c2cc(-c3ccccc3)ccn2)[c-]c(-c2cccc3oc(-c4cc(C(C)(C)c5ccccc5)ccc4O)nc23)c1.[Pt]. The van der Waals surface area contributed by atoms with Gasteiger partial charge in [0.25, 0.3) is 0 Å². The number of rotatable bonds is 6. The van der Waals surface area contributed by atoms with E-state index in [4.69, 9.17) is 14.4 Å². The van der Waals surface area contributed by atoms with E-state index in [1.54, 1.807) is 6.07 Å². The Morgan fingerprint density at radius 1 is 0.625 bits per heavy atom. The zero-order chi connectivity index (χ0) is 32.8. The summed E-state index contributed by atoms with van der Waals surface area (Å²) in [7, 11) is 0. The summed E-state index contributed by atoms with van der Waals surface area (Å²) >= 11 is 0. The number of fused-ring (bicyclic) bond motifs is 1. The van der Waals surface area contributed by atoms with Gasteiger partial charge in [0.1, 0.15) is 11.3 Å². The first kappa shape index (κ1) is 33.1. The summed E-state index contributed by atoms with van der Waals surface area (Å²) in [5.74, 6) is 0.499. The van der Waals surface area contributed by atoms with E-state index < -0.39 is 0 Å². The molecule has 2 heterocycles.